The average molecular weight is 895 g/mol. The number of phosphoric acid groups is 1. The molecule has 0 aliphatic heterocycles. The summed E-state index contributed by atoms with van der Waals surface area (Å²) in [6, 6.07) is 0. The van der Waals surface area contributed by atoms with Crippen molar-refractivity contribution in [2.75, 3.05) is 13.2 Å². The topological polar surface area (TPSA) is 210 Å². The normalized spacial score (nSPS) is 21.9. The molecule has 0 saturated heterocycles. The third-order valence-corrected chi connectivity index (χ3v) is 12.9. The highest BCUT2D eigenvalue weighted by atomic mass is 31.2. The Hall–Kier alpha value is -1.15. The summed E-state index contributed by atoms with van der Waals surface area (Å²) in [5.74, 6) is -1.08. The number of phosphoric ester groups is 1. The summed E-state index contributed by atoms with van der Waals surface area (Å²) in [6.45, 7) is 3.33. The maximum Gasteiger partial charge on any atom is 0.472 e. The van der Waals surface area contributed by atoms with Gasteiger partial charge in [-0.1, -0.05) is 206 Å². The molecule has 0 spiro atoms. The van der Waals surface area contributed by atoms with Gasteiger partial charge in [-0.25, -0.2) is 4.57 Å². The van der Waals surface area contributed by atoms with Crippen molar-refractivity contribution in [3.63, 3.8) is 0 Å². The van der Waals surface area contributed by atoms with Crippen molar-refractivity contribution in [2.24, 2.45) is 0 Å². The van der Waals surface area contributed by atoms with E-state index in [0.717, 1.165) is 38.5 Å². The van der Waals surface area contributed by atoms with Gasteiger partial charge in [-0.2, -0.15) is 0 Å². The second-order valence-electron chi connectivity index (χ2n) is 17.7. The van der Waals surface area contributed by atoms with Crippen LogP contribution in [0.2, 0.25) is 0 Å². The maximum atomic E-state index is 12.8. The number of hydrogen-bond acceptors (Lipinski definition) is 12. The fourth-order valence-electron chi connectivity index (χ4n) is 7.94. The van der Waals surface area contributed by atoms with Gasteiger partial charge in [-0.3, -0.25) is 18.6 Å². The van der Waals surface area contributed by atoms with E-state index in [1.807, 2.05) is 0 Å². The van der Waals surface area contributed by atoms with Crippen molar-refractivity contribution in [3.05, 3.63) is 0 Å². The van der Waals surface area contributed by atoms with Crippen LogP contribution in [0.3, 0.4) is 0 Å². The number of ether oxygens (including phenoxy) is 2. The summed E-state index contributed by atoms with van der Waals surface area (Å²) < 4.78 is 33.6. The lowest BCUT2D eigenvalue weighted by molar-refractivity contribution is -0.220. The molecule has 0 heterocycles. The molecule has 0 radical (unpaired) electrons. The van der Waals surface area contributed by atoms with Crippen molar-refractivity contribution in [2.45, 2.75) is 275 Å². The molecule has 1 aliphatic carbocycles. The third kappa shape index (κ3) is 30.6. The Bertz CT molecular complexity index is 1080. The largest absolute Gasteiger partial charge is 0.472 e. The van der Waals surface area contributed by atoms with Gasteiger partial charge in [0, 0.05) is 12.8 Å². The van der Waals surface area contributed by atoms with Gasteiger partial charge in [0.2, 0.25) is 0 Å². The molecule has 8 atom stereocenters. The first kappa shape index (κ1) is 57.9. The molecule has 1 fully saturated rings. The van der Waals surface area contributed by atoms with Crippen LogP contribution in [0.15, 0.2) is 0 Å². The molecule has 6 N–H and O–H groups in total. The van der Waals surface area contributed by atoms with Gasteiger partial charge in [-0.15, -0.1) is 0 Å². The highest BCUT2D eigenvalue weighted by Crippen LogP contribution is 2.47. The van der Waals surface area contributed by atoms with E-state index < -0.39 is 75.7 Å². The minimum atomic E-state index is -5.11. The Morgan fingerprint density at radius 3 is 1.08 bits per heavy atom. The Balaban J connectivity index is 2.38. The van der Waals surface area contributed by atoms with Gasteiger partial charge in [0.15, 0.2) is 6.10 Å². The molecule has 0 bridgehead atoms. The molecule has 13 nitrogen and oxygen atoms in total. The van der Waals surface area contributed by atoms with Crippen LogP contribution in [0.4, 0.5) is 0 Å². The zero-order valence-corrected chi connectivity index (χ0v) is 39.4. The first-order valence-electron chi connectivity index (χ1n) is 24.8. The van der Waals surface area contributed by atoms with E-state index in [4.69, 9.17) is 18.5 Å². The highest BCUT2D eigenvalue weighted by Gasteiger charge is 2.51. The molecule has 1 rings (SSSR count). The van der Waals surface area contributed by atoms with Crippen LogP contribution >= 0.6 is 7.82 Å². The lowest BCUT2D eigenvalue weighted by Gasteiger charge is -2.41. The van der Waals surface area contributed by atoms with Crippen molar-refractivity contribution in [3.8, 4) is 0 Å². The first-order valence-corrected chi connectivity index (χ1v) is 26.3. The maximum absolute atomic E-state index is 12.8. The number of carbonyl (C=O) groups is 2. The predicted molar refractivity (Wildman–Crippen MR) is 240 cm³/mol. The molecule has 0 amide bonds. The summed E-state index contributed by atoms with van der Waals surface area (Å²) in [5, 5.41) is 50.2. The van der Waals surface area contributed by atoms with E-state index in [0.29, 0.717) is 12.8 Å². The van der Waals surface area contributed by atoms with Gasteiger partial charge in [0.25, 0.3) is 0 Å². The number of esters is 2. The van der Waals surface area contributed by atoms with Crippen LogP contribution in [0.25, 0.3) is 0 Å². The van der Waals surface area contributed by atoms with Crippen LogP contribution in [-0.4, -0.2) is 98.3 Å². The molecule has 0 aromatic heterocycles. The van der Waals surface area contributed by atoms with Crippen LogP contribution in [0, 0.1) is 0 Å². The number of unbranched alkanes of at least 4 members (excludes halogenated alkanes) is 30. The zero-order chi connectivity index (χ0) is 45.0. The minimum absolute atomic E-state index is 0.105. The van der Waals surface area contributed by atoms with E-state index in [1.165, 1.54) is 154 Å². The molecule has 0 aromatic rings. The average Bonchev–Trinajstić information content (AvgIpc) is 3.24. The van der Waals surface area contributed by atoms with Crippen molar-refractivity contribution >= 4 is 19.8 Å². The Labute approximate surface area is 370 Å². The van der Waals surface area contributed by atoms with Gasteiger partial charge >= 0.3 is 19.8 Å². The molecule has 14 heteroatoms. The first-order chi connectivity index (χ1) is 29.4. The third-order valence-electron chi connectivity index (χ3n) is 11.9. The lowest BCUT2D eigenvalue weighted by Crippen LogP contribution is -2.64. The molecule has 1 aliphatic rings. The Morgan fingerprint density at radius 2 is 0.738 bits per heavy atom. The zero-order valence-electron chi connectivity index (χ0n) is 38.5. The van der Waals surface area contributed by atoms with Crippen molar-refractivity contribution in [1.29, 1.82) is 0 Å². The number of carbonyl (C=O) groups excluding carboxylic acids is 2. The summed E-state index contributed by atoms with van der Waals surface area (Å²) in [4.78, 5) is 35.7. The van der Waals surface area contributed by atoms with Gasteiger partial charge < -0.3 is 39.9 Å². The van der Waals surface area contributed by atoms with E-state index in [2.05, 4.69) is 13.8 Å². The summed E-state index contributed by atoms with van der Waals surface area (Å²) >= 11 is 0. The SMILES string of the molecule is CCCCCCCCCCCCCCCCCCCCCC(=O)OC[C@H](COP(=O)(O)OC1C(O)C(O)C(O)[C@@H](O)C1O)OC(=O)CCCCCCCCCCCCCCC. The van der Waals surface area contributed by atoms with Crippen LogP contribution < -0.4 is 0 Å². The minimum Gasteiger partial charge on any atom is -0.462 e. The molecular weight excluding hydrogens is 803 g/mol. The summed E-state index contributed by atoms with van der Waals surface area (Å²) in [7, 11) is -5.11. The molecule has 362 valence electrons. The van der Waals surface area contributed by atoms with Gasteiger partial charge in [-0.05, 0) is 12.8 Å². The second-order valence-corrected chi connectivity index (χ2v) is 19.1. The van der Waals surface area contributed by atoms with E-state index in [9.17, 15) is 44.6 Å². The highest BCUT2D eigenvalue weighted by molar-refractivity contribution is 7.47. The molecular formula is C47H91O13P. The number of aliphatic hydroxyl groups excluding tert-OH is 5. The summed E-state index contributed by atoms with van der Waals surface area (Å²) in [5.41, 5.74) is 0. The van der Waals surface area contributed by atoms with E-state index in [1.54, 1.807) is 0 Å². The van der Waals surface area contributed by atoms with Gasteiger partial charge in [0.1, 0.15) is 43.2 Å². The monoisotopic (exact) mass is 895 g/mol. The molecule has 0 aromatic carbocycles. The fourth-order valence-corrected chi connectivity index (χ4v) is 8.91. The molecule has 1 saturated carbocycles. The quantitative estimate of drug-likeness (QED) is 0.0192. The van der Waals surface area contributed by atoms with Crippen LogP contribution in [0.5, 0.6) is 0 Å². The van der Waals surface area contributed by atoms with Gasteiger partial charge in [0.05, 0.1) is 6.61 Å². The van der Waals surface area contributed by atoms with Crippen LogP contribution in [0.1, 0.15) is 232 Å². The van der Waals surface area contributed by atoms with Crippen molar-refractivity contribution in [1.82, 2.24) is 0 Å². The lowest BCUT2D eigenvalue weighted by atomic mass is 9.85. The second kappa shape index (κ2) is 38.2. The van der Waals surface area contributed by atoms with Crippen LogP contribution in [-0.2, 0) is 32.7 Å². The van der Waals surface area contributed by atoms with E-state index in [-0.39, 0.29) is 12.8 Å². The number of aliphatic hydroxyl groups is 5. The summed E-state index contributed by atoms with van der Waals surface area (Å²) in [6.07, 6.45) is 25.8. The van der Waals surface area contributed by atoms with E-state index >= 15 is 0 Å². The predicted octanol–water partition coefficient (Wildman–Crippen LogP) is 10.1. The Morgan fingerprint density at radius 1 is 0.443 bits per heavy atom. The fraction of sp³-hybridized carbons (Fsp3) is 0.957. The number of rotatable bonds is 42. The molecule has 6 unspecified atom stereocenters. The standard InChI is InChI=1S/C47H91O13P/c1-3-5-7-9-11-13-15-17-18-19-20-21-22-24-25-27-29-31-33-35-40(48)57-37-39(38-58-61(55,56)60-47-45(53)43(51)42(50)44(52)46(47)54)59-41(49)36-34-32-30-28-26-23-16-14-12-10-8-6-4-2/h39,42-47,50-54H,3-38H2,1-2H3,(H,55,56)/t39-,42?,43-,44?,45?,46?,47?/m1/s1. The van der Waals surface area contributed by atoms with Crippen molar-refractivity contribution < 1.29 is 63.1 Å². The smallest absolute Gasteiger partial charge is 0.462 e. The molecule has 61 heavy (non-hydrogen) atoms. The number of hydrogen-bond donors (Lipinski definition) is 6. The Kier molecular flexibility index (Phi) is 36.2.